The van der Waals surface area contributed by atoms with Crippen LogP contribution in [0.5, 0.6) is 0 Å². The van der Waals surface area contributed by atoms with E-state index in [4.69, 9.17) is 5.73 Å². The van der Waals surface area contributed by atoms with Crippen LogP contribution >= 0.6 is 0 Å². The van der Waals surface area contributed by atoms with Crippen molar-refractivity contribution in [1.29, 1.82) is 0 Å². The maximum absolute atomic E-state index is 6.52. The number of hydrogen-bond acceptors (Lipinski definition) is 1. The maximum atomic E-state index is 6.52. The number of hydrogen-bond donors (Lipinski definition) is 1. The van der Waals surface area contributed by atoms with Gasteiger partial charge in [0.1, 0.15) is 0 Å². The van der Waals surface area contributed by atoms with Gasteiger partial charge >= 0.3 is 0 Å². The lowest BCUT2D eigenvalue weighted by molar-refractivity contribution is 0.548. The van der Waals surface area contributed by atoms with Crippen LogP contribution in [0, 0.1) is 6.92 Å². The Morgan fingerprint density at radius 2 is 1.78 bits per heavy atom. The van der Waals surface area contributed by atoms with E-state index in [1.165, 1.54) is 35.1 Å². The Morgan fingerprint density at radius 3 is 2.61 bits per heavy atom. The van der Waals surface area contributed by atoms with Gasteiger partial charge in [-0.1, -0.05) is 48.5 Å². The summed E-state index contributed by atoms with van der Waals surface area (Å²) in [6.07, 6.45) is 2.34. The molecular weight excluding hydrogens is 218 g/mol. The predicted molar refractivity (Wildman–Crippen MR) is 75.6 cm³/mol. The molecule has 3 rings (SSSR count). The largest absolute Gasteiger partial charge is 0.323 e. The molecule has 1 nitrogen and oxygen atoms in total. The Labute approximate surface area is 109 Å². The summed E-state index contributed by atoms with van der Waals surface area (Å²) in [6, 6.07) is 17.3. The van der Waals surface area contributed by atoms with Gasteiger partial charge in [-0.15, -0.1) is 0 Å². The summed E-state index contributed by atoms with van der Waals surface area (Å²) >= 11 is 0. The molecule has 0 radical (unpaired) electrons. The molecule has 0 fully saturated rings. The molecule has 1 aliphatic rings. The zero-order valence-corrected chi connectivity index (χ0v) is 10.8. The van der Waals surface area contributed by atoms with E-state index < -0.39 is 0 Å². The van der Waals surface area contributed by atoms with E-state index in [0.29, 0.717) is 5.92 Å². The van der Waals surface area contributed by atoms with E-state index in [1.807, 2.05) is 0 Å². The Balaban J connectivity index is 1.96. The zero-order chi connectivity index (χ0) is 12.5. The third-order valence-electron chi connectivity index (χ3n) is 4.16. The molecule has 18 heavy (non-hydrogen) atoms. The minimum absolute atomic E-state index is 0.120. The Kier molecular flexibility index (Phi) is 2.92. The molecule has 0 saturated heterocycles. The molecule has 2 aromatic carbocycles. The van der Waals surface area contributed by atoms with Gasteiger partial charge in [0.2, 0.25) is 0 Å². The Morgan fingerprint density at radius 1 is 1.06 bits per heavy atom. The number of benzene rings is 2. The summed E-state index contributed by atoms with van der Waals surface area (Å²) in [5.41, 5.74) is 12.0. The molecule has 2 aromatic rings. The first-order valence-electron chi connectivity index (χ1n) is 6.66. The van der Waals surface area contributed by atoms with Crippen LogP contribution in [0.15, 0.2) is 48.5 Å². The molecule has 0 spiro atoms. The van der Waals surface area contributed by atoms with Crippen molar-refractivity contribution in [1.82, 2.24) is 0 Å². The van der Waals surface area contributed by atoms with Gasteiger partial charge in [-0.2, -0.15) is 0 Å². The van der Waals surface area contributed by atoms with Crippen molar-refractivity contribution in [3.63, 3.8) is 0 Å². The van der Waals surface area contributed by atoms with E-state index in [-0.39, 0.29) is 6.04 Å². The van der Waals surface area contributed by atoms with Gasteiger partial charge in [0.05, 0.1) is 0 Å². The van der Waals surface area contributed by atoms with Crippen LogP contribution in [0.4, 0.5) is 0 Å². The highest BCUT2D eigenvalue weighted by molar-refractivity contribution is 5.39. The van der Waals surface area contributed by atoms with Gasteiger partial charge in [-0.25, -0.2) is 0 Å². The van der Waals surface area contributed by atoms with Crippen molar-refractivity contribution in [2.45, 2.75) is 31.7 Å². The minimum Gasteiger partial charge on any atom is -0.323 e. The molecule has 1 aliphatic carbocycles. The van der Waals surface area contributed by atoms with E-state index in [2.05, 4.69) is 55.5 Å². The van der Waals surface area contributed by atoms with Crippen LogP contribution in [-0.4, -0.2) is 0 Å². The van der Waals surface area contributed by atoms with Crippen molar-refractivity contribution in [2.75, 3.05) is 0 Å². The number of nitrogens with two attached hydrogens (primary N) is 1. The highest BCUT2D eigenvalue weighted by atomic mass is 14.7. The van der Waals surface area contributed by atoms with E-state index in [1.54, 1.807) is 0 Å². The molecule has 0 heterocycles. The minimum atomic E-state index is 0.120. The first-order valence-corrected chi connectivity index (χ1v) is 6.66. The van der Waals surface area contributed by atoms with Crippen molar-refractivity contribution in [2.24, 2.45) is 5.73 Å². The van der Waals surface area contributed by atoms with Crippen LogP contribution < -0.4 is 5.73 Å². The fraction of sp³-hybridized carbons (Fsp3) is 0.294. The summed E-state index contributed by atoms with van der Waals surface area (Å²) < 4.78 is 0. The highest BCUT2D eigenvalue weighted by Crippen LogP contribution is 2.40. The fourth-order valence-corrected chi connectivity index (χ4v) is 3.14. The second-order valence-corrected chi connectivity index (χ2v) is 5.23. The van der Waals surface area contributed by atoms with Crippen molar-refractivity contribution in [3.05, 3.63) is 70.8 Å². The predicted octanol–water partition coefficient (Wildman–Crippen LogP) is 3.72. The van der Waals surface area contributed by atoms with Crippen LogP contribution in [-0.2, 0) is 6.42 Å². The van der Waals surface area contributed by atoms with Crippen LogP contribution in [0.1, 0.15) is 40.6 Å². The molecule has 1 heteroatoms. The quantitative estimate of drug-likeness (QED) is 0.846. The molecule has 0 aliphatic heterocycles. The van der Waals surface area contributed by atoms with Crippen LogP contribution in [0.2, 0.25) is 0 Å². The van der Waals surface area contributed by atoms with Gasteiger partial charge in [0.25, 0.3) is 0 Å². The van der Waals surface area contributed by atoms with E-state index in [0.717, 1.165) is 0 Å². The molecule has 2 atom stereocenters. The second-order valence-electron chi connectivity index (χ2n) is 5.23. The van der Waals surface area contributed by atoms with E-state index in [9.17, 15) is 0 Å². The number of fused-ring (bicyclic) bond motifs is 1. The van der Waals surface area contributed by atoms with Gasteiger partial charge in [-0.05, 0) is 42.0 Å². The molecule has 2 unspecified atom stereocenters. The molecule has 92 valence electrons. The number of aryl methyl sites for hydroxylation is 2. The second kappa shape index (κ2) is 4.58. The topological polar surface area (TPSA) is 26.0 Å². The van der Waals surface area contributed by atoms with Crippen molar-refractivity contribution in [3.8, 4) is 0 Å². The van der Waals surface area contributed by atoms with Gasteiger partial charge < -0.3 is 5.73 Å². The summed E-state index contributed by atoms with van der Waals surface area (Å²) in [5, 5.41) is 0. The molecule has 0 saturated carbocycles. The van der Waals surface area contributed by atoms with E-state index >= 15 is 0 Å². The molecule has 0 aromatic heterocycles. The molecule has 0 bridgehead atoms. The lowest BCUT2D eigenvalue weighted by atomic mass is 9.87. The smallest absolute Gasteiger partial charge is 0.0367 e. The molecular formula is C17H19N. The van der Waals surface area contributed by atoms with Crippen LogP contribution in [0.3, 0.4) is 0 Å². The first-order chi connectivity index (χ1) is 8.77. The normalized spacial score (nSPS) is 19.6. The van der Waals surface area contributed by atoms with Gasteiger partial charge in [-0.3, -0.25) is 0 Å². The lowest BCUT2D eigenvalue weighted by Crippen LogP contribution is -2.19. The Bertz CT molecular complexity index is 559. The Hall–Kier alpha value is -1.60. The molecule has 0 amide bonds. The summed E-state index contributed by atoms with van der Waals surface area (Å²) in [5.74, 6) is 0.474. The zero-order valence-electron chi connectivity index (χ0n) is 10.8. The van der Waals surface area contributed by atoms with Crippen LogP contribution in [0.25, 0.3) is 0 Å². The monoisotopic (exact) mass is 237 g/mol. The molecule has 2 N–H and O–H groups in total. The summed E-state index contributed by atoms with van der Waals surface area (Å²) in [4.78, 5) is 0. The maximum Gasteiger partial charge on any atom is 0.0367 e. The van der Waals surface area contributed by atoms with Crippen molar-refractivity contribution >= 4 is 0 Å². The highest BCUT2D eigenvalue weighted by Gasteiger charge is 2.28. The van der Waals surface area contributed by atoms with Gasteiger partial charge in [0, 0.05) is 12.0 Å². The number of rotatable bonds is 2. The SMILES string of the molecule is Cc1ccccc1C(N)C1CCc2ccccc21. The standard InChI is InChI=1S/C17H19N/c1-12-6-2-4-8-14(12)17(18)16-11-10-13-7-3-5-9-15(13)16/h2-9,16-17H,10-11,18H2,1H3. The summed E-state index contributed by atoms with van der Waals surface area (Å²) in [6.45, 7) is 2.15. The average molecular weight is 237 g/mol. The van der Waals surface area contributed by atoms with Gasteiger partial charge in [0.15, 0.2) is 0 Å². The lowest BCUT2D eigenvalue weighted by Gasteiger charge is -2.22. The first kappa shape index (κ1) is 11.5. The van der Waals surface area contributed by atoms with Crippen molar-refractivity contribution < 1.29 is 0 Å². The third kappa shape index (κ3) is 1.85. The summed E-state index contributed by atoms with van der Waals surface area (Å²) in [7, 11) is 0. The average Bonchev–Trinajstić information content (AvgIpc) is 2.82. The third-order valence-corrected chi connectivity index (χ3v) is 4.16. The fourth-order valence-electron chi connectivity index (χ4n) is 3.14.